The van der Waals surface area contributed by atoms with Crippen molar-refractivity contribution < 1.29 is 23.7 Å². The standard InChI is InChI=1S/C19H21NO5.C2H6/c1-21-15-10-13(14(20)11-16(15)22-2)7-6-12-8-17(23-3)19(25-5)18(9-12)24-4;1-2/h8-11H,20H2,1-5H3;1-2H3. The fourth-order valence-corrected chi connectivity index (χ4v) is 2.30. The number of ether oxygens (including phenoxy) is 5. The highest BCUT2D eigenvalue weighted by molar-refractivity contribution is 5.65. The van der Waals surface area contributed by atoms with Gasteiger partial charge in [0.05, 0.1) is 46.8 Å². The van der Waals surface area contributed by atoms with Crippen LogP contribution in [0.3, 0.4) is 0 Å². The van der Waals surface area contributed by atoms with E-state index in [1.807, 2.05) is 13.8 Å². The molecule has 0 fully saturated rings. The van der Waals surface area contributed by atoms with Gasteiger partial charge in [-0.3, -0.25) is 0 Å². The average molecular weight is 373 g/mol. The molecule has 2 N–H and O–H groups in total. The lowest BCUT2D eigenvalue weighted by molar-refractivity contribution is 0.324. The highest BCUT2D eigenvalue weighted by Gasteiger charge is 2.12. The Kier molecular flexibility index (Phi) is 8.67. The van der Waals surface area contributed by atoms with E-state index < -0.39 is 0 Å². The number of benzene rings is 2. The molecule has 2 aromatic carbocycles. The molecule has 0 aliphatic carbocycles. The van der Waals surface area contributed by atoms with E-state index in [9.17, 15) is 0 Å². The minimum Gasteiger partial charge on any atom is -0.493 e. The van der Waals surface area contributed by atoms with Crippen LogP contribution in [0.15, 0.2) is 24.3 Å². The van der Waals surface area contributed by atoms with Gasteiger partial charge in [0.1, 0.15) is 0 Å². The summed E-state index contributed by atoms with van der Waals surface area (Å²) in [4.78, 5) is 0. The summed E-state index contributed by atoms with van der Waals surface area (Å²) in [5.74, 6) is 8.78. The normalized spacial score (nSPS) is 9.15. The van der Waals surface area contributed by atoms with Crippen molar-refractivity contribution in [2.24, 2.45) is 0 Å². The second-order valence-electron chi connectivity index (χ2n) is 4.96. The molecule has 0 aromatic heterocycles. The SMILES string of the molecule is CC.COc1cc(N)c(C#Cc2cc(OC)c(OC)c(OC)c2)cc1OC. The number of anilines is 1. The molecule has 0 aliphatic heterocycles. The van der Waals surface area contributed by atoms with Gasteiger partial charge in [0.25, 0.3) is 0 Å². The highest BCUT2D eigenvalue weighted by Crippen LogP contribution is 2.38. The van der Waals surface area contributed by atoms with Crippen molar-refractivity contribution >= 4 is 5.69 Å². The monoisotopic (exact) mass is 373 g/mol. The summed E-state index contributed by atoms with van der Waals surface area (Å²) in [6.45, 7) is 4.00. The van der Waals surface area contributed by atoms with Gasteiger partial charge in [-0.25, -0.2) is 0 Å². The van der Waals surface area contributed by atoms with Crippen LogP contribution < -0.4 is 29.4 Å². The van der Waals surface area contributed by atoms with Gasteiger partial charge in [-0.05, 0) is 12.1 Å². The minimum absolute atomic E-state index is 0.498. The first-order valence-electron chi connectivity index (χ1n) is 8.41. The van der Waals surface area contributed by atoms with E-state index in [0.29, 0.717) is 45.6 Å². The van der Waals surface area contributed by atoms with E-state index in [-0.39, 0.29) is 0 Å². The Morgan fingerprint density at radius 3 is 1.56 bits per heavy atom. The van der Waals surface area contributed by atoms with Gasteiger partial charge >= 0.3 is 0 Å². The maximum absolute atomic E-state index is 6.04. The Balaban J connectivity index is 0.00000176. The quantitative estimate of drug-likeness (QED) is 0.636. The third-order valence-electron chi connectivity index (χ3n) is 3.56. The van der Waals surface area contributed by atoms with E-state index >= 15 is 0 Å². The number of hydrogen-bond donors (Lipinski definition) is 1. The zero-order chi connectivity index (χ0) is 20.4. The van der Waals surface area contributed by atoms with Crippen molar-refractivity contribution in [3.05, 3.63) is 35.4 Å². The van der Waals surface area contributed by atoms with Crippen molar-refractivity contribution in [1.82, 2.24) is 0 Å². The molecule has 2 rings (SSSR count). The Labute approximate surface area is 161 Å². The fourth-order valence-electron chi connectivity index (χ4n) is 2.30. The Hall–Kier alpha value is -3.20. The van der Waals surface area contributed by atoms with Gasteiger partial charge < -0.3 is 29.4 Å². The predicted molar refractivity (Wildman–Crippen MR) is 107 cm³/mol. The summed E-state index contributed by atoms with van der Waals surface area (Å²) in [7, 11) is 7.78. The maximum Gasteiger partial charge on any atom is 0.203 e. The topological polar surface area (TPSA) is 72.2 Å². The summed E-state index contributed by atoms with van der Waals surface area (Å²) in [6, 6.07) is 6.95. The van der Waals surface area contributed by atoms with Gasteiger partial charge in [0.2, 0.25) is 5.75 Å². The third kappa shape index (κ3) is 5.14. The Bertz CT molecular complexity index is 796. The first-order valence-corrected chi connectivity index (χ1v) is 8.41. The largest absolute Gasteiger partial charge is 0.493 e. The van der Waals surface area contributed by atoms with Gasteiger partial charge in [-0.2, -0.15) is 0 Å². The van der Waals surface area contributed by atoms with E-state index in [0.717, 1.165) is 0 Å². The molecule has 6 nitrogen and oxygen atoms in total. The molecule has 0 spiro atoms. The summed E-state index contributed by atoms with van der Waals surface area (Å²) >= 11 is 0. The number of methoxy groups -OCH3 is 5. The lowest BCUT2D eigenvalue weighted by Crippen LogP contribution is -1.97. The van der Waals surface area contributed by atoms with E-state index in [4.69, 9.17) is 29.4 Å². The number of rotatable bonds is 5. The number of nitrogen functional groups attached to an aromatic ring is 1. The first kappa shape index (κ1) is 21.8. The first-order chi connectivity index (χ1) is 13.1. The maximum atomic E-state index is 6.04. The van der Waals surface area contributed by atoms with Gasteiger partial charge in [0.15, 0.2) is 23.0 Å². The number of hydrogen-bond acceptors (Lipinski definition) is 6. The van der Waals surface area contributed by atoms with Crippen LogP contribution in [-0.4, -0.2) is 35.5 Å². The van der Waals surface area contributed by atoms with Crippen LogP contribution in [0.5, 0.6) is 28.7 Å². The zero-order valence-corrected chi connectivity index (χ0v) is 16.9. The fraction of sp³-hybridized carbons (Fsp3) is 0.333. The smallest absolute Gasteiger partial charge is 0.203 e. The molecule has 0 unspecified atom stereocenters. The molecule has 0 atom stereocenters. The molecule has 0 radical (unpaired) electrons. The Morgan fingerprint density at radius 2 is 1.11 bits per heavy atom. The van der Waals surface area contributed by atoms with Crippen LogP contribution in [-0.2, 0) is 0 Å². The summed E-state index contributed by atoms with van der Waals surface area (Å²) in [6.07, 6.45) is 0. The van der Waals surface area contributed by atoms with E-state index in [1.165, 1.54) is 0 Å². The molecule has 0 saturated heterocycles. The van der Waals surface area contributed by atoms with Crippen LogP contribution in [0.4, 0.5) is 5.69 Å². The summed E-state index contributed by atoms with van der Waals surface area (Å²) in [5.41, 5.74) is 7.86. The van der Waals surface area contributed by atoms with Crippen LogP contribution in [0.2, 0.25) is 0 Å². The molecular formula is C21H27NO5. The number of nitrogens with two attached hydrogens (primary N) is 1. The van der Waals surface area contributed by atoms with Crippen LogP contribution in [0.25, 0.3) is 0 Å². The van der Waals surface area contributed by atoms with Gasteiger partial charge in [-0.1, -0.05) is 25.7 Å². The van der Waals surface area contributed by atoms with Crippen LogP contribution >= 0.6 is 0 Å². The second kappa shape index (κ2) is 10.7. The van der Waals surface area contributed by atoms with Crippen molar-refractivity contribution in [1.29, 1.82) is 0 Å². The lowest BCUT2D eigenvalue weighted by Gasteiger charge is -2.12. The zero-order valence-electron chi connectivity index (χ0n) is 16.9. The lowest BCUT2D eigenvalue weighted by atomic mass is 10.1. The molecule has 27 heavy (non-hydrogen) atoms. The van der Waals surface area contributed by atoms with E-state index in [2.05, 4.69) is 11.8 Å². The minimum atomic E-state index is 0.498. The molecule has 146 valence electrons. The second-order valence-corrected chi connectivity index (χ2v) is 4.96. The highest BCUT2D eigenvalue weighted by atomic mass is 16.5. The van der Waals surface area contributed by atoms with E-state index in [1.54, 1.807) is 59.8 Å². The van der Waals surface area contributed by atoms with Crippen LogP contribution in [0, 0.1) is 11.8 Å². The van der Waals surface area contributed by atoms with Crippen molar-refractivity contribution in [3.8, 4) is 40.6 Å². The Morgan fingerprint density at radius 1 is 0.630 bits per heavy atom. The predicted octanol–water partition coefficient (Wildman–Crippen LogP) is 3.74. The summed E-state index contributed by atoms with van der Waals surface area (Å²) in [5, 5.41) is 0. The summed E-state index contributed by atoms with van der Waals surface area (Å²) < 4.78 is 26.5. The van der Waals surface area contributed by atoms with Crippen molar-refractivity contribution in [2.45, 2.75) is 13.8 Å². The third-order valence-corrected chi connectivity index (χ3v) is 3.56. The molecule has 6 heteroatoms. The molecule has 2 aromatic rings. The molecule has 0 bridgehead atoms. The molecule has 0 saturated carbocycles. The van der Waals surface area contributed by atoms with Crippen molar-refractivity contribution in [3.63, 3.8) is 0 Å². The molecule has 0 heterocycles. The van der Waals surface area contributed by atoms with Crippen LogP contribution in [0.1, 0.15) is 25.0 Å². The average Bonchev–Trinajstić information content (AvgIpc) is 2.72. The molecular weight excluding hydrogens is 346 g/mol. The molecule has 0 amide bonds. The van der Waals surface area contributed by atoms with Gasteiger partial charge in [0, 0.05) is 17.7 Å². The molecule has 0 aliphatic rings. The van der Waals surface area contributed by atoms with Crippen molar-refractivity contribution in [2.75, 3.05) is 41.3 Å². The van der Waals surface area contributed by atoms with Gasteiger partial charge in [-0.15, -0.1) is 0 Å².